The third-order valence-electron chi connectivity index (χ3n) is 1.75. The lowest BCUT2D eigenvalue weighted by Crippen LogP contribution is -1.97. The Morgan fingerprint density at radius 3 is 2.79 bits per heavy atom. The van der Waals surface area contributed by atoms with Gasteiger partial charge in [0, 0.05) is 5.56 Å². The first-order chi connectivity index (χ1) is 6.65. The molecular weight excluding hydrogens is 180 g/mol. The van der Waals surface area contributed by atoms with Crippen LogP contribution in [0.5, 0.6) is 0 Å². The van der Waals surface area contributed by atoms with Crippen LogP contribution >= 0.6 is 0 Å². The molecule has 1 N–H and O–H groups in total. The number of aryl methyl sites for hydroxylation is 1. The number of hydrogen-bond acceptors (Lipinski definition) is 2. The van der Waals surface area contributed by atoms with E-state index in [-0.39, 0.29) is 5.56 Å². The highest BCUT2D eigenvalue weighted by atomic mass is 16.4. The maximum absolute atomic E-state index is 10.6. The van der Waals surface area contributed by atoms with E-state index in [2.05, 4.69) is 11.8 Å². The summed E-state index contributed by atoms with van der Waals surface area (Å²) < 4.78 is 0. The average Bonchev–Trinajstić information content (AvgIpc) is 2.16. The van der Waals surface area contributed by atoms with Gasteiger partial charge in [-0.05, 0) is 30.5 Å². The van der Waals surface area contributed by atoms with Crippen LogP contribution in [0.4, 0.5) is 0 Å². The van der Waals surface area contributed by atoms with Crippen LogP contribution in [0.25, 0.3) is 0 Å². The summed E-state index contributed by atoms with van der Waals surface area (Å²) in [6.07, 6.45) is 0.479. The number of aromatic carboxylic acids is 1. The molecule has 1 rings (SSSR count). The Labute approximate surface area is 81.4 Å². The van der Waals surface area contributed by atoms with E-state index in [1.807, 2.05) is 0 Å². The zero-order valence-electron chi connectivity index (χ0n) is 7.57. The highest BCUT2D eigenvalue weighted by molar-refractivity contribution is 5.88. The van der Waals surface area contributed by atoms with Crippen molar-refractivity contribution in [3.05, 3.63) is 34.9 Å². The molecule has 0 radical (unpaired) electrons. The first-order valence-electron chi connectivity index (χ1n) is 3.94. The standard InChI is InChI=1S/C11H8O3/c1-8-4-5-10(11(13)14)7-9(8)3-2-6-12/h4-7H,1H3,(H,13,14). The molecule has 0 heterocycles. The van der Waals surface area contributed by atoms with Gasteiger partial charge in [0.25, 0.3) is 0 Å². The normalized spacial score (nSPS) is 8.64. The molecule has 0 saturated heterocycles. The van der Waals surface area contributed by atoms with E-state index in [0.29, 0.717) is 11.8 Å². The van der Waals surface area contributed by atoms with Gasteiger partial charge in [-0.15, -0.1) is 0 Å². The van der Waals surface area contributed by atoms with Gasteiger partial charge in [0.2, 0.25) is 0 Å². The highest BCUT2D eigenvalue weighted by Gasteiger charge is 2.03. The molecular formula is C11H8O3. The van der Waals surface area contributed by atoms with Crippen molar-refractivity contribution in [1.29, 1.82) is 0 Å². The number of benzene rings is 1. The Morgan fingerprint density at radius 2 is 2.21 bits per heavy atom. The lowest BCUT2D eigenvalue weighted by atomic mass is 10.1. The summed E-state index contributed by atoms with van der Waals surface area (Å²) >= 11 is 0. The molecule has 0 aliphatic heterocycles. The number of carbonyl (C=O) groups is 2. The van der Waals surface area contributed by atoms with Gasteiger partial charge in [-0.2, -0.15) is 0 Å². The summed E-state index contributed by atoms with van der Waals surface area (Å²) in [6, 6.07) is 4.62. The number of carbonyl (C=O) groups excluding carboxylic acids is 1. The van der Waals surface area contributed by atoms with Crippen molar-refractivity contribution in [2.24, 2.45) is 0 Å². The van der Waals surface area contributed by atoms with E-state index in [4.69, 9.17) is 5.11 Å². The molecule has 0 spiro atoms. The Hall–Kier alpha value is -2.08. The third kappa shape index (κ3) is 2.20. The molecule has 0 amide bonds. The fraction of sp³-hybridized carbons (Fsp3) is 0.0909. The summed E-state index contributed by atoms with van der Waals surface area (Å²) in [7, 11) is 0. The van der Waals surface area contributed by atoms with E-state index in [1.165, 1.54) is 12.1 Å². The molecule has 0 unspecified atom stereocenters. The predicted molar refractivity (Wildman–Crippen MR) is 51.1 cm³/mol. The summed E-state index contributed by atoms with van der Waals surface area (Å²) in [5.74, 6) is 3.82. The number of hydrogen-bond donors (Lipinski definition) is 1. The molecule has 1 aromatic rings. The van der Waals surface area contributed by atoms with Crippen LogP contribution < -0.4 is 0 Å². The Morgan fingerprint density at radius 1 is 1.50 bits per heavy atom. The van der Waals surface area contributed by atoms with Gasteiger partial charge in [-0.3, -0.25) is 4.79 Å². The second kappa shape index (κ2) is 4.24. The Balaban J connectivity index is 3.21. The minimum absolute atomic E-state index is 0.172. The van der Waals surface area contributed by atoms with Crippen molar-refractivity contribution in [2.45, 2.75) is 6.92 Å². The maximum Gasteiger partial charge on any atom is 0.335 e. The second-order valence-corrected chi connectivity index (χ2v) is 2.72. The minimum atomic E-state index is -1.00. The number of rotatable bonds is 1. The van der Waals surface area contributed by atoms with Gasteiger partial charge < -0.3 is 5.11 Å². The van der Waals surface area contributed by atoms with Gasteiger partial charge in [0.05, 0.1) is 5.56 Å². The van der Waals surface area contributed by atoms with Crippen LogP contribution in [0.3, 0.4) is 0 Å². The monoisotopic (exact) mass is 188 g/mol. The molecule has 14 heavy (non-hydrogen) atoms. The largest absolute Gasteiger partial charge is 0.478 e. The number of carboxylic acid groups (broad SMARTS) is 1. The highest BCUT2D eigenvalue weighted by Crippen LogP contribution is 2.09. The average molecular weight is 188 g/mol. The van der Waals surface area contributed by atoms with E-state index >= 15 is 0 Å². The molecule has 0 aromatic heterocycles. The zero-order valence-corrected chi connectivity index (χ0v) is 7.57. The molecule has 0 saturated carbocycles. The predicted octanol–water partition coefficient (Wildman–Crippen LogP) is 1.24. The summed E-state index contributed by atoms with van der Waals surface area (Å²) in [5.41, 5.74) is 1.59. The van der Waals surface area contributed by atoms with Crippen molar-refractivity contribution in [3.63, 3.8) is 0 Å². The van der Waals surface area contributed by atoms with Crippen molar-refractivity contribution in [1.82, 2.24) is 0 Å². The SMILES string of the molecule is Cc1ccc(C(=O)O)cc1C#CC=O. The second-order valence-electron chi connectivity index (χ2n) is 2.72. The van der Waals surface area contributed by atoms with Crippen molar-refractivity contribution >= 4 is 12.3 Å². The van der Waals surface area contributed by atoms with Gasteiger partial charge >= 0.3 is 5.97 Å². The van der Waals surface area contributed by atoms with Crippen molar-refractivity contribution < 1.29 is 14.7 Å². The van der Waals surface area contributed by atoms with Crippen LogP contribution in [0, 0.1) is 18.8 Å². The molecule has 0 bridgehead atoms. The van der Waals surface area contributed by atoms with Crippen molar-refractivity contribution in [2.75, 3.05) is 0 Å². The van der Waals surface area contributed by atoms with E-state index in [1.54, 1.807) is 13.0 Å². The van der Waals surface area contributed by atoms with Crippen LogP contribution in [0.1, 0.15) is 21.5 Å². The topological polar surface area (TPSA) is 54.4 Å². The lowest BCUT2D eigenvalue weighted by molar-refractivity contribution is -0.103. The van der Waals surface area contributed by atoms with Gasteiger partial charge in [-0.1, -0.05) is 12.0 Å². The zero-order chi connectivity index (χ0) is 10.6. The molecule has 1 aromatic carbocycles. The first-order valence-corrected chi connectivity index (χ1v) is 3.94. The van der Waals surface area contributed by atoms with E-state index < -0.39 is 5.97 Å². The van der Waals surface area contributed by atoms with Crippen LogP contribution in [0.2, 0.25) is 0 Å². The fourth-order valence-electron chi connectivity index (χ4n) is 0.997. The van der Waals surface area contributed by atoms with Gasteiger partial charge in [0.15, 0.2) is 6.29 Å². The molecule has 0 aliphatic rings. The quantitative estimate of drug-likeness (QED) is 0.533. The molecule has 70 valence electrons. The van der Waals surface area contributed by atoms with Gasteiger partial charge in [-0.25, -0.2) is 4.79 Å². The first kappa shape index (κ1) is 10.0. The Bertz CT molecular complexity index is 436. The molecule has 3 nitrogen and oxygen atoms in total. The summed E-state index contributed by atoms with van der Waals surface area (Å²) in [5, 5.41) is 8.71. The number of carboxylic acids is 1. The summed E-state index contributed by atoms with van der Waals surface area (Å²) in [6.45, 7) is 1.81. The Kier molecular flexibility index (Phi) is 3.03. The smallest absolute Gasteiger partial charge is 0.335 e. The van der Waals surface area contributed by atoms with E-state index in [0.717, 1.165) is 5.56 Å². The molecule has 3 heteroatoms. The van der Waals surface area contributed by atoms with E-state index in [9.17, 15) is 9.59 Å². The molecule has 0 aliphatic carbocycles. The third-order valence-corrected chi connectivity index (χ3v) is 1.75. The van der Waals surface area contributed by atoms with Crippen LogP contribution in [-0.2, 0) is 4.79 Å². The van der Waals surface area contributed by atoms with Crippen molar-refractivity contribution in [3.8, 4) is 11.8 Å². The number of aldehydes is 1. The van der Waals surface area contributed by atoms with Crippen LogP contribution in [0.15, 0.2) is 18.2 Å². The fourth-order valence-corrected chi connectivity index (χ4v) is 0.997. The maximum atomic E-state index is 10.6. The van der Waals surface area contributed by atoms with Gasteiger partial charge in [0.1, 0.15) is 0 Å². The lowest BCUT2D eigenvalue weighted by Gasteiger charge is -1.99. The molecule has 0 atom stereocenters. The molecule has 0 fully saturated rings. The summed E-state index contributed by atoms with van der Waals surface area (Å²) in [4.78, 5) is 20.6. The minimum Gasteiger partial charge on any atom is -0.478 e. The van der Waals surface area contributed by atoms with Crippen LogP contribution in [-0.4, -0.2) is 17.4 Å².